The third-order valence-corrected chi connectivity index (χ3v) is 2.62. The van der Waals surface area contributed by atoms with Gasteiger partial charge in [-0.3, -0.25) is 4.68 Å². The third-order valence-electron chi connectivity index (χ3n) is 2.62. The van der Waals surface area contributed by atoms with E-state index >= 15 is 0 Å². The second-order valence-electron chi connectivity index (χ2n) is 3.63. The van der Waals surface area contributed by atoms with Crippen molar-refractivity contribution in [3.63, 3.8) is 0 Å². The Morgan fingerprint density at radius 2 is 2.42 bits per heavy atom. The summed E-state index contributed by atoms with van der Waals surface area (Å²) in [5.74, 6) is 0.832. The zero-order chi connectivity index (χ0) is 8.55. The van der Waals surface area contributed by atoms with Crippen LogP contribution in [-0.2, 0) is 13.5 Å². The van der Waals surface area contributed by atoms with Gasteiger partial charge in [-0.2, -0.15) is 5.10 Å². The third kappa shape index (κ3) is 1.25. The van der Waals surface area contributed by atoms with Crippen molar-refractivity contribution in [2.75, 3.05) is 13.1 Å². The van der Waals surface area contributed by atoms with E-state index in [-0.39, 0.29) is 0 Å². The van der Waals surface area contributed by atoms with Crippen LogP contribution in [0.25, 0.3) is 0 Å². The van der Waals surface area contributed by atoms with Gasteiger partial charge in [-0.15, -0.1) is 0 Å². The van der Waals surface area contributed by atoms with Gasteiger partial charge in [0.15, 0.2) is 0 Å². The van der Waals surface area contributed by atoms with E-state index in [1.165, 1.54) is 30.8 Å². The van der Waals surface area contributed by atoms with Crippen molar-refractivity contribution in [2.24, 2.45) is 13.0 Å². The van der Waals surface area contributed by atoms with Gasteiger partial charge in [0.05, 0.1) is 6.20 Å². The predicted molar refractivity (Wildman–Crippen MR) is 48.0 cm³/mol. The number of hydrogen-bond acceptors (Lipinski definition) is 2. The molecular weight excluding hydrogens is 150 g/mol. The maximum Gasteiger partial charge on any atom is 0.0521 e. The Morgan fingerprint density at radius 1 is 1.67 bits per heavy atom. The van der Waals surface area contributed by atoms with Crippen LogP contribution in [-0.4, -0.2) is 22.9 Å². The van der Waals surface area contributed by atoms with E-state index in [1.807, 2.05) is 17.9 Å². The van der Waals surface area contributed by atoms with Crippen LogP contribution in [0.3, 0.4) is 0 Å². The molecule has 1 saturated heterocycles. The summed E-state index contributed by atoms with van der Waals surface area (Å²) in [4.78, 5) is 0. The van der Waals surface area contributed by atoms with E-state index in [0.29, 0.717) is 0 Å². The Hall–Kier alpha value is -0.830. The number of rotatable bonds is 2. The van der Waals surface area contributed by atoms with Crippen molar-refractivity contribution in [1.82, 2.24) is 15.1 Å². The summed E-state index contributed by atoms with van der Waals surface area (Å²) >= 11 is 0. The Morgan fingerprint density at radius 3 is 2.83 bits per heavy atom. The average Bonchev–Trinajstić information content (AvgIpc) is 2.25. The highest BCUT2D eigenvalue weighted by atomic mass is 15.3. The van der Waals surface area contributed by atoms with Crippen molar-refractivity contribution in [2.45, 2.75) is 13.3 Å². The average molecular weight is 165 g/mol. The molecule has 0 atom stereocenters. The quantitative estimate of drug-likeness (QED) is 0.691. The molecule has 2 rings (SSSR count). The first-order chi connectivity index (χ1) is 5.77. The summed E-state index contributed by atoms with van der Waals surface area (Å²) in [6.45, 7) is 4.48. The fourth-order valence-electron chi connectivity index (χ4n) is 1.63. The Kier molecular flexibility index (Phi) is 1.89. The SMILES string of the molecule is Cc1cnn(C)c1CC1CNC1. The fourth-order valence-corrected chi connectivity index (χ4v) is 1.63. The molecule has 12 heavy (non-hydrogen) atoms. The van der Waals surface area contributed by atoms with E-state index in [0.717, 1.165) is 5.92 Å². The minimum Gasteiger partial charge on any atom is -0.316 e. The standard InChI is InChI=1S/C9H15N3/c1-7-4-11-12(2)9(7)3-8-5-10-6-8/h4,8,10H,3,5-6H2,1-2H3. The second kappa shape index (κ2) is 2.90. The number of nitrogens with one attached hydrogen (secondary N) is 1. The second-order valence-corrected chi connectivity index (χ2v) is 3.63. The molecule has 0 saturated carbocycles. The lowest BCUT2D eigenvalue weighted by molar-refractivity contribution is 0.339. The zero-order valence-corrected chi connectivity index (χ0v) is 7.67. The smallest absolute Gasteiger partial charge is 0.0521 e. The molecule has 1 aliphatic heterocycles. The van der Waals surface area contributed by atoms with Gasteiger partial charge in [-0.05, 0) is 37.9 Å². The van der Waals surface area contributed by atoms with Crippen LogP contribution in [0.5, 0.6) is 0 Å². The van der Waals surface area contributed by atoms with Crippen LogP contribution in [0.1, 0.15) is 11.3 Å². The lowest BCUT2D eigenvalue weighted by Gasteiger charge is -2.27. The van der Waals surface area contributed by atoms with E-state index < -0.39 is 0 Å². The van der Waals surface area contributed by atoms with Crippen molar-refractivity contribution in [3.05, 3.63) is 17.5 Å². The van der Waals surface area contributed by atoms with E-state index in [2.05, 4.69) is 17.3 Å². The van der Waals surface area contributed by atoms with Crippen LogP contribution in [0.2, 0.25) is 0 Å². The monoisotopic (exact) mass is 165 g/mol. The molecule has 0 amide bonds. The van der Waals surface area contributed by atoms with Crippen LogP contribution in [0.15, 0.2) is 6.20 Å². The lowest BCUT2D eigenvalue weighted by atomic mass is 9.96. The number of aromatic nitrogens is 2. The molecular formula is C9H15N3. The normalized spacial score (nSPS) is 17.8. The summed E-state index contributed by atoms with van der Waals surface area (Å²) in [7, 11) is 2.02. The van der Waals surface area contributed by atoms with Crippen LogP contribution < -0.4 is 5.32 Å². The van der Waals surface area contributed by atoms with E-state index in [4.69, 9.17) is 0 Å². The molecule has 66 valence electrons. The summed E-state index contributed by atoms with van der Waals surface area (Å²) in [6.07, 6.45) is 3.12. The molecule has 3 heteroatoms. The fraction of sp³-hybridized carbons (Fsp3) is 0.667. The minimum absolute atomic E-state index is 0.832. The molecule has 1 aromatic heterocycles. The van der Waals surface area contributed by atoms with Crippen LogP contribution in [0.4, 0.5) is 0 Å². The van der Waals surface area contributed by atoms with E-state index in [9.17, 15) is 0 Å². The largest absolute Gasteiger partial charge is 0.316 e. The topological polar surface area (TPSA) is 29.9 Å². The van der Waals surface area contributed by atoms with Crippen molar-refractivity contribution >= 4 is 0 Å². The number of nitrogens with zero attached hydrogens (tertiary/aromatic N) is 2. The molecule has 1 aliphatic rings. The van der Waals surface area contributed by atoms with Crippen LogP contribution >= 0.6 is 0 Å². The van der Waals surface area contributed by atoms with Gasteiger partial charge in [-0.1, -0.05) is 0 Å². The molecule has 0 aromatic carbocycles. The Labute approximate surface area is 72.8 Å². The van der Waals surface area contributed by atoms with Gasteiger partial charge in [0.25, 0.3) is 0 Å². The van der Waals surface area contributed by atoms with E-state index in [1.54, 1.807) is 0 Å². The molecule has 0 aliphatic carbocycles. The van der Waals surface area contributed by atoms with Gasteiger partial charge in [0, 0.05) is 12.7 Å². The van der Waals surface area contributed by atoms with Crippen molar-refractivity contribution < 1.29 is 0 Å². The van der Waals surface area contributed by atoms with Crippen molar-refractivity contribution in [1.29, 1.82) is 0 Å². The first-order valence-electron chi connectivity index (χ1n) is 4.45. The highest BCUT2D eigenvalue weighted by molar-refractivity contribution is 5.16. The lowest BCUT2D eigenvalue weighted by Crippen LogP contribution is -2.43. The van der Waals surface area contributed by atoms with Gasteiger partial charge >= 0.3 is 0 Å². The first-order valence-corrected chi connectivity index (χ1v) is 4.45. The molecule has 1 N–H and O–H groups in total. The van der Waals surface area contributed by atoms with Crippen LogP contribution in [0, 0.1) is 12.8 Å². The van der Waals surface area contributed by atoms with Crippen molar-refractivity contribution in [3.8, 4) is 0 Å². The molecule has 0 radical (unpaired) electrons. The minimum atomic E-state index is 0.832. The summed E-state index contributed by atoms with van der Waals surface area (Å²) in [6, 6.07) is 0. The molecule has 2 heterocycles. The zero-order valence-electron chi connectivity index (χ0n) is 7.67. The molecule has 0 bridgehead atoms. The van der Waals surface area contributed by atoms with Gasteiger partial charge in [0.1, 0.15) is 0 Å². The Bertz CT molecular complexity index is 254. The highest BCUT2D eigenvalue weighted by Crippen LogP contribution is 2.14. The molecule has 3 nitrogen and oxygen atoms in total. The first kappa shape index (κ1) is 7.80. The molecule has 1 aromatic rings. The number of hydrogen-bond donors (Lipinski definition) is 1. The van der Waals surface area contributed by atoms with Gasteiger partial charge in [-0.25, -0.2) is 0 Å². The molecule has 0 spiro atoms. The number of aryl methyl sites for hydroxylation is 2. The summed E-state index contributed by atoms with van der Waals surface area (Å²) < 4.78 is 1.99. The predicted octanol–water partition coefficient (Wildman–Crippen LogP) is 0.490. The molecule has 0 unspecified atom stereocenters. The summed E-state index contributed by atoms with van der Waals surface area (Å²) in [5, 5.41) is 7.51. The maximum absolute atomic E-state index is 4.22. The van der Waals surface area contributed by atoms with Gasteiger partial charge in [0.2, 0.25) is 0 Å². The summed E-state index contributed by atoms with van der Waals surface area (Å²) in [5.41, 5.74) is 2.71. The maximum atomic E-state index is 4.22. The molecule has 1 fully saturated rings. The van der Waals surface area contributed by atoms with Gasteiger partial charge < -0.3 is 5.32 Å². The highest BCUT2D eigenvalue weighted by Gasteiger charge is 2.19. The Balaban J connectivity index is 2.10.